The minimum Gasteiger partial charge on any atom is -0.265 e. The molecule has 8 heteroatoms. The van der Waals surface area contributed by atoms with Gasteiger partial charge in [-0.2, -0.15) is 0 Å². The maximum Gasteiger partial charge on any atom is 0.211 e. The summed E-state index contributed by atoms with van der Waals surface area (Å²) in [6.45, 7) is 1.72. The van der Waals surface area contributed by atoms with Crippen LogP contribution in [-0.4, -0.2) is 34.1 Å². The second-order valence-corrected chi connectivity index (χ2v) is 5.68. The topological polar surface area (TPSA) is 89.8 Å². The van der Waals surface area contributed by atoms with Crippen LogP contribution in [0.5, 0.6) is 0 Å². The fourth-order valence-corrected chi connectivity index (χ4v) is 1.86. The van der Waals surface area contributed by atoms with E-state index in [1.54, 1.807) is 42.3 Å². The van der Waals surface area contributed by atoms with Crippen LogP contribution in [0.1, 0.15) is 12.6 Å². The first kappa shape index (κ1) is 12.7. The first-order valence-electron chi connectivity index (χ1n) is 5.39. The average molecular weight is 267 g/mol. The van der Waals surface area contributed by atoms with Crippen molar-refractivity contribution in [3.05, 3.63) is 36.4 Å². The highest BCUT2D eigenvalue weighted by Gasteiger charge is 2.08. The Labute approximate surface area is 105 Å². The van der Waals surface area contributed by atoms with Gasteiger partial charge in [0.25, 0.3) is 0 Å². The second kappa shape index (κ2) is 5.23. The molecule has 0 unspecified atom stereocenters. The van der Waals surface area contributed by atoms with Crippen molar-refractivity contribution in [3.8, 4) is 5.69 Å². The third kappa shape index (κ3) is 3.11. The first-order chi connectivity index (χ1) is 8.61. The summed E-state index contributed by atoms with van der Waals surface area (Å²) >= 11 is 0. The lowest BCUT2D eigenvalue weighted by atomic mass is 10.4. The normalized spacial score (nSPS) is 11.6. The summed E-state index contributed by atoms with van der Waals surface area (Å²) in [7, 11) is -3.21. The zero-order chi connectivity index (χ0) is 13.0. The van der Waals surface area contributed by atoms with E-state index in [9.17, 15) is 8.42 Å². The number of aromatic nitrogens is 4. The summed E-state index contributed by atoms with van der Waals surface area (Å²) in [5.41, 5.74) is 1.38. The maximum atomic E-state index is 11.3. The Hall–Kier alpha value is -1.80. The summed E-state index contributed by atoms with van der Waals surface area (Å²) in [4.78, 5) is 3.90. The number of sulfonamides is 1. The Kier molecular flexibility index (Phi) is 3.68. The van der Waals surface area contributed by atoms with Crippen LogP contribution in [0.15, 0.2) is 30.7 Å². The van der Waals surface area contributed by atoms with Gasteiger partial charge in [-0.1, -0.05) is 5.21 Å². The summed E-state index contributed by atoms with van der Waals surface area (Å²) in [5.74, 6) is 0.0471. The SMILES string of the molecule is CCS(=O)(=O)NCc1cn(-c2ccncc2)nn1. The van der Waals surface area contributed by atoms with Gasteiger partial charge in [0.15, 0.2) is 0 Å². The van der Waals surface area contributed by atoms with Crippen molar-refractivity contribution >= 4 is 10.0 Å². The van der Waals surface area contributed by atoms with Crippen molar-refractivity contribution in [1.82, 2.24) is 24.7 Å². The highest BCUT2D eigenvalue weighted by Crippen LogP contribution is 2.04. The molecule has 2 aromatic rings. The number of pyridine rings is 1. The van der Waals surface area contributed by atoms with E-state index >= 15 is 0 Å². The van der Waals surface area contributed by atoms with Gasteiger partial charge in [0.1, 0.15) is 0 Å². The van der Waals surface area contributed by atoms with Crippen LogP contribution >= 0.6 is 0 Å². The van der Waals surface area contributed by atoms with Crippen LogP contribution in [0.25, 0.3) is 5.69 Å². The Morgan fingerprint density at radius 3 is 2.72 bits per heavy atom. The fourth-order valence-electron chi connectivity index (χ4n) is 1.29. The van der Waals surface area contributed by atoms with Gasteiger partial charge in [0.2, 0.25) is 10.0 Å². The number of hydrogen-bond donors (Lipinski definition) is 1. The molecule has 0 bridgehead atoms. The van der Waals surface area contributed by atoms with E-state index in [0.717, 1.165) is 5.69 Å². The van der Waals surface area contributed by atoms with Crippen LogP contribution < -0.4 is 4.72 Å². The zero-order valence-electron chi connectivity index (χ0n) is 9.81. The average Bonchev–Trinajstić information content (AvgIpc) is 2.86. The van der Waals surface area contributed by atoms with Gasteiger partial charge in [-0.25, -0.2) is 17.8 Å². The molecule has 2 rings (SSSR count). The van der Waals surface area contributed by atoms with Crippen LogP contribution in [0.3, 0.4) is 0 Å². The lowest BCUT2D eigenvalue weighted by molar-refractivity contribution is 0.581. The van der Waals surface area contributed by atoms with Crippen LogP contribution in [0, 0.1) is 0 Å². The molecule has 7 nitrogen and oxygen atoms in total. The Balaban J connectivity index is 2.08. The van der Waals surface area contributed by atoms with Gasteiger partial charge in [-0.15, -0.1) is 5.10 Å². The van der Waals surface area contributed by atoms with E-state index in [4.69, 9.17) is 0 Å². The monoisotopic (exact) mass is 267 g/mol. The summed E-state index contributed by atoms with van der Waals surface area (Å²) < 4.78 is 26.6. The minimum absolute atomic E-state index is 0.0471. The predicted octanol–water partition coefficient (Wildman–Crippen LogP) is 0.102. The van der Waals surface area contributed by atoms with Crippen molar-refractivity contribution in [2.45, 2.75) is 13.5 Å². The smallest absolute Gasteiger partial charge is 0.211 e. The van der Waals surface area contributed by atoms with Gasteiger partial charge in [0, 0.05) is 12.4 Å². The summed E-state index contributed by atoms with van der Waals surface area (Å²) in [6.07, 6.45) is 4.97. The van der Waals surface area contributed by atoms with Gasteiger partial charge < -0.3 is 0 Å². The highest BCUT2D eigenvalue weighted by molar-refractivity contribution is 7.89. The molecular weight excluding hydrogens is 254 g/mol. The third-order valence-electron chi connectivity index (χ3n) is 2.32. The maximum absolute atomic E-state index is 11.3. The third-order valence-corrected chi connectivity index (χ3v) is 3.67. The van der Waals surface area contributed by atoms with Crippen molar-refractivity contribution in [2.24, 2.45) is 0 Å². The zero-order valence-corrected chi connectivity index (χ0v) is 10.6. The second-order valence-electron chi connectivity index (χ2n) is 3.58. The van der Waals surface area contributed by atoms with Crippen LogP contribution in [0.4, 0.5) is 0 Å². The highest BCUT2D eigenvalue weighted by atomic mass is 32.2. The molecule has 0 aromatic carbocycles. The molecule has 0 aliphatic rings. The van der Waals surface area contributed by atoms with Crippen molar-refractivity contribution in [2.75, 3.05) is 5.75 Å². The summed E-state index contributed by atoms with van der Waals surface area (Å²) in [5, 5.41) is 7.81. The Morgan fingerprint density at radius 2 is 2.06 bits per heavy atom. The molecule has 18 heavy (non-hydrogen) atoms. The number of nitrogens with one attached hydrogen (secondary N) is 1. The molecule has 0 saturated carbocycles. The predicted molar refractivity (Wildman–Crippen MR) is 65.5 cm³/mol. The standard InChI is InChI=1S/C10H13N5O2S/c1-2-18(16,17)12-7-9-8-15(14-13-9)10-3-5-11-6-4-10/h3-6,8,12H,2,7H2,1H3. The van der Waals surface area contributed by atoms with E-state index in [1.165, 1.54) is 0 Å². The van der Waals surface area contributed by atoms with Gasteiger partial charge in [-0.3, -0.25) is 4.98 Å². The van der Waals surface area contributed by atoms with E-state index < -0.39 is 10.0 Å². The molecule has 0 radical (unpaired) electrons. The molecule has 0 spiro atoms. The van der Waals surface area contributed by atoms with Crippen LogP contribution in [0.2, 0.25) is 0 Å². The van der Waals surface area contributed by atoms with E-state index in [0.29, 0.717) is 5.69 Å². The largest absolute Gasteiger partial charge is 0.265 e. The lowest BCUT2D eigenvalue weighted by Gasteiger charge is -2.00. The Morgan fingerprint density at radius 1 is 1.33 bits per heavy atom. The molecular formula is C10H13N5O2S. The fraction of sp³-hybridized carbons (Fsp3) is 0.300. The number of nitrogens with zero attached hydrogens (tertiary/aromatic N) is 4. The molecule has 0 amide bonds. The molecule has 0 atom stereocenters. The van der Waals surface area contributed by atoms with Crippen molar-refractivity contribution < 1.29 is 8.42 Å². The van der Waals surface area contributed by atoms with Gasteiger partial charge in [-0.05, 0) is 19.1 Å². The molecule has 96 valence electrons. The molecule has 2 heterocycles. The molecule has 1 N–H and O–H groups in total. The Bertz CT molecular complexity index is 608. The van der Waals surface area contributed by atoms with Gasteiger partial charge >= 0.3 is 0 Å². The van der Waals surface area contributed by atoms with E-state index in [1.807, 2.05) is 0 Å². The van der Waals surface area contributed by atoms with Crippen molar-refractivity contribution in [1.29, 1.82) is 0 Å². The molecule has 0 aliphatic heterocycles. The molecule has 0 saturated heterocycles. The lowest BCUT2D eigenvalue weighted by Crippen LogP contribution is -2.24. The minimum atomic E-state index is -3.21. The van der Waals surface area contributed by atoms with Crippen molar-refractivity contribution in [3.63, 3.8) is 0 Å². The molecule has 2 aromatic heterocycles. The van der Waals surface area contributed by atoms with E-state index in [2.05, 4.69) is 20.0 Å². The quantitative estimate of drug-likeness (QED) is 0.830. The molecule has 0 fully saturated rings. The van der Waals surface area contributed by atoms with Crippen LogP contribution in [-0.2, 0) is 16.6 Å². The first-order valence-corrected chi connectivity index (χ1v) is 7.05. The van der Waals surface area contributed by atoms with E-state index in [-0.39, 0.29) is 12.3 Å². The number of rotatable bonds is 5. The molecule has 0 aliphatic carbocycles. The van der Waals surface area contributed by atoms with Gasteiger partial charge in [0.05, 0.1) is 29.9 Å². The number of hydrogen-bond acceptors (Lipinski definition) is 5. The summed E-state index contributed by atoms with van der Waals surface area (Å²) in [6, 6.07) is 3.57.